The van der Waals surface area contributed by atoms with Gasteiger partial charge in [0, 0.05) is 20.1 Å². The second-order valence-electron chi connectivity index (χ2n) is 7.34. The van der Waals surface area contributed by atoms with Crippen molar-refractivity contribution in [3.8, 4) is 0 Å². The maximum Gasteiger partial charge on any atom is 0.455 e. The lowest BCUT2D eigenvalue weighted by Gasteiger charge is -2.24. The first-order chi connectivity index (χ1) is 15.0. The molecule has 0 unspecified atom stereocenters. The molecule has 0 bridgehead atoms. The molecule has 2 N–H and O–H groups in total. The summed E-state index contributed by atoms with van der Waals surface area (Å²) in [6, 6.07) is 6.22. The molecule has 1 aliphatic heterocycles. The van der Waals surface area contributed by atoms with E-state index in [1.54, 1.807) is 12.1 Å². The number of alkyl halides is 5. The number of carbonyl (C=O) groups is 3. The molecule has 33 heavy (non-hydrogen) atoms. The van der Waals surface area contributed by atoms with E-state index in [0.29, 0.717) is 5.69 Å². The Morgan fingerprint density at radius 1 is 1.06 bits per heavy atom. The van der Waals surface area contributed by atoms with Crippen LogP contribution < -0.4 is 19.8 Å². The Balaban J connectivity index is 2.03. The predicted octanol–water partition coefficient (Wildman–Crippen LogP) is 0.865. The first kappa shape index (κ1) is 26.3. The highest BCUT2D eigenvalue weighted by atomic mass is 32.2. The number of carbonyl (C=O) groups excluding carboxylic acids is 3. The summed E-state index contributed by atoms with van der Waals surface area (Å²) in [6.07, 6.45) is -5.99. The summed E-state index contributed by atoms with van der Waals surface area (Å²) >= 11 is 0. The molecule has 1 aromatic carbocycles. The standard InChI is InChI=1S/C18H21F5N4O5S/c1-26-12-5-3-4-6-13(12)27(33(2,31)32)9-11(16(26)30)8-24-14(28)7-15(29)25-10-17(19,20)18(21,22)23/h3-6,11H,7-10H2,1-2H3,(H,24,28)(H,25,29)/t11-/m0/s1. The molecular weight excluding hydrogens is 479 g/mol. The van der Waals surface area contributed by atoms with E-state index in [9.17, 15) is 44.8 Å². The molecule has 0 fully saturated rings. The third-order valence-corrected chi connectivity index (χ3v) is 5.91. The maximum atomic E-state index is 12.8. The van der Waals surface area contributed by atoms with Crippen LogP contribution in [0, 0.1) is 5.92 Å². The van der Waals surface area contributed by atoms with Crippen molar-refractivity contribution in [2.45, 2.75) is 18.5 Å². The smallest absolute Gasteiger partial charge is 0.355 e. The van der Waals surface area contributed by atoms with Crippen LogP contribution in [-0.4, -0.2) is 71.2 Å². The van der Waals surface area contributed by atoms with Gasteiger partial charge in [-0.1, -0.05) is 12.1 Å². The second-order valence-corrected chi connectivity index (χ2v) is 9.24. The van der Waals surface area contributed by atoms with Crippen molar-refractivity contribution >= 4 is 39.1 Å². The summed E-state index contributed by atoms with van der Waals surface area (Å²) in [6.45, 7) is -2.77. The van der Waals surface area contributed by atoms with E-state index >= 15 is 0 Å². The number of fused-ring (bicyclic) bond motifs is 1. The first-order valence-electron chi connectivity index (χ1n) is 9.37. The lowest BCUT2D eigenvalue weighted by Crippen LogP contribution is -2.48. The second kappa shape index (κ2) is 9.49. The molecule has 0 saturated heterocycles. The van der Waals surface area contributed by atoms with Gasteiger partial charge in [0.2, 0.25) is 27.7 Å². The highest BCUT2D eigenvalue weighted by molar-refractivity contribution is 7.92. The number of hydrogen-bond donors (Lipinski definition) is 2. The maximum absolute atomic E-state index is 12.8. The zero-order valence-electron chi connectivity index (χ0n) is 17.4. The van der Waals surface area contributed by atoms with Crippen molar-refractivity contribution < 1.29 is 44.8 Å². The van der Waals surface area contributed by atoms with E-state index in [2.05, 4.69) is 5.32 Å². The molecule has 0 aliphatic carbocycles. The molecule has 1 atom stereocenters. The van der Waals surface area contributed by atoms with E-state index in [1.165, 1.54) is 29.4 Å². The van der Waals surface area contributed by atoms with Gasteiger partial charge in [-0.3, -0.25) is 18.7 Å². The highest BCUT2D eigenvalue weighted by Gasteiger charge is 2.57. The number of benzene rings is 1. The van der Waals surface area contributed by atoms with Crippen molar-refractivity contribution in [3.05, 3.63) is 24.3 Å². The molecule has 184 valence electrons. The van der Waals surface area contributed by atoms with Crippen LogP contribution in [-0.2, 0) is 24.4 Å². The fourth-order valence-electron chi connectivity index (χ4n) is 3.01. The Labute approximate surface area is 185 Å². The summed E-state index contributed by atoms with van der Waals surface area (Å²) in [7, 11) is -2.41. The van der Waals surface area contributed by atoms with Gasteiger partial charge in [0.1, 0.15) is 6.42 Å². The topological polar surface area (TPSA) is 116 Å². The lowest BCUT2D eigenvalue weighted by atomic mass is 10.1. The molecule has 0 saturated carbocycles. The van der Waals surface area contributed by atoms with E-state index in [1.807, 2.05) is 0 Å². The summed E-state index contributed by atoms with van der Waals surface area (Å²) in [4.78, 5) is 37.5. The largest absolute Gasteiger partial charge is 0.455 e. The Hall–Kier alpha value is -2.97. The number of nitrogens with zero attached hydrogens (tertiary/aromatic N) is 2. The van der Waals surface area contributed by atoms with Crippen LogP contribution in [0.2, 0.25) is 0 Å². The molecule has 1 heterocycles. The minimum Gasteiger partial charge on any atom is -0.355 e. The zero-order chi connectivity index (χ0) is 25.2. The zero-order valence-corrected chi connectivity index (χ0v) is 18.3. The Bertz CT molecular complexity index is 1030. The van der Waals surface area contributed by atoms with Crippen molar-refractivity contribution in [2.24, 2.45) is 5.92 Å². The molecular formula is C18H21F5N4O5S. The van der Waals surface area contributed by atoms with Gasteiger partial charge >= 0.3 is 12.1 Å². The number of sulfonamides is 1. The molecule has 2 rings (SSSR count). The van der Waals surface area contributed by atoms with Crippen LogP contribution in [0.15, 0.2) is 24.3 Å². The van der Waals surface area contributed by atoms with E-state index in [-0.39, 0.29) is 12.2 Å². The van der Waals surface area contributed by atoms with Gasteiger partial charge in [-0.15, -0.1) is 0 Å². The highest BCUT2D eigenvalue weighted by Crippen LogP contribution is 2.35. The summed E-state index contributed by atoms with van der Waals surface area (Å²) in [5.41, 5.74) is 0.557. The summed E-state index contributed by atoms with van der Waals surface area (Å²) in [5.74, 6) is -9.21. The van der Waals surface area contributed by atoms with Gasteiger partial charge < -0.3 is 15.5 Å². The summed E-state index contributed by atoms with van der Waals surface area (Å²) in [5, 5.41) is 3.54. The molecule has 1 aliphatic rings. The number of hydrogen-bond acceptors (Lipinski definition) is 5. The number of amides is 3. The quantitative estimate of drug-likeness (QED) is 0.426. The third kappa shape index (κ3) is 6.30. The van der Waals surface area contributed by atoms with Crippen LogP contribution in [0.4, 0.5) is 33.3 Å². The molecule has 0 radical (unpaired) electrons. The summed E-state index contributed by atoms with van der Waals surface area (Å²) < 4.78 is 87.6. The average Bonchev–Trinajstić information content (AvgIpc) is 2.79. The Morgan fingerprint density at radius 3 is 2.15 bits per heavy atom. The third-order valence-electron chi connectivity index (χ3n) is 4.77. The Morgan fingerprint density at radius 2 is 1.61 bits per heavy atom. The molecule has 3 amide bonds. The van der Waals surface area contributed by atoms with Gasteiger partial charge in [-0.2, -0.15) is 22.0 Å². The fourth-order valence-corrected chi connectivity index (χ4v) is 3.97. The van der Waals surface area contributed by atoms with Crippen molar-refractivity contribution in [2.75, 3.05) is 42.1 Å². The van der Waals surface area contributed by atoms with Crippen LogP contribution in [0.5, 0.6) is 0 Å². The molecule has 0 aromatic heterocycles. The van der Waals surface area contributed by atoms with Crippen LogP contribution in [0.1, 0.15) is 6.42 Å². The van der Waals surface area contributed by atoms with Gasteiger partial charge in [-0.05, 0) is 12.1 Å². The molecule has 15 heteroatoms. The lowest BCUT2D eigenvalue weighted by molar-refractivity contribution is -0.278. The molecule has 1 aromatic rings. The van der Waals surface area contributed by atoms with Crippen molar-refractivity contribution in [1.29, 1.82) is 0 Å². The number of halogens is 5. The van der Waals surface area contributed by atoms with E-state index in [4.69, 9.17) is 0 Å². The normalized spacial score (nSPS) is 17.3. The first-order valence-corrected chi connectivity index (χ1v) is 11.2. The number of anilines is 2. The Kier molecular flexibility index (Phi) is 7.56. The SMILES string of the molecule is CN1C(=O)[C@@H](CNC(=O)CC(=O)NCC(F)(F)C(F)(F)F)CN(S(C)(=O)=O)c2ccccc21. The van der Waals surface area contributed by atoms with Crippen molar-refractivity contribution in [3.63, 3.8) is 0 Å². The monoisotopic (exact) mass is 500 g/mol. The van der Waals surface area contributed by atoms with Gasteiger partial charge in [0.25, 0.3) is 0 Å². The van der Waals surface area contributed by atoms with Gasteiger partial charge in [0.15, 0.2) is 0 Å². The number of rotatable bonds is 7. The average molecular weight is 500 g/mol. The van der Waals surface area contributed by atoms with Crippen LogP contribution >= 0.6 is 0 Å². The van der Waals surface area contributed by atoms with Gasteiger partial charge in [-0.25, -0.2) is 8.42 Å². The van der Waals surface area contributed by atoms with Crippen LogP contribution in [0.3, 0.4) is 0 Å². The predicted molar refractivity (Wildman–Crippen MR) is 107 cm³/mol. The van der Waals surface area contributed by atoms with E-state index in [0.717, 1.165) is 10.6 Å². The fraction of sp³-hybridized carbons (Fsp3) is 0.500. The van der Waals surface area contributed by atoms with E-state index < -0.39 is 65.3 Å². The van der Waals surface area contributed by atoms with Crippen LogP contribution in [0.25, 0.3) is 0 Å². The minimum absolute atomic E-state index is 0.245. The van der Waals surface area contributed by atoms with Gasteiger partial charge in [0.05, 0.1) is 30.1 Å². The number of para-hydroxylation sites is 2. The number of nitrogens with one attached hydrogen (secondary N) is 2. The van der Waals surface area contributed by atoms with Crippen molar-refractivity contribution in [1.82, 2.24) is 10.6 Å². The molecule has 0 spiro atoms. The minimum atomic E-state index is -5.86. The molecule has 9 nitrogen and oxygen atoms in total.